The van der Waals surface area contributed by atoms with Crippen molar-refractivity contribution < 1.29 is 28.0 Å². The van der Waals surface area contributed by atoms with Gasteiger partial charge in [0.1, 0.15) is 5.25 Å². The van der Waals surface area contributed by atoms with Gasteiger partial charge in [-0.15, -0.1) is 0 Å². The molecule has 214 valence electrons. The van der Waals surface area contributed by atoms with Crippen LogP contribution in [0, 0.1) is 52.3 Å². The van der Waals surface area contributed by atoms with Crippen LogP contribution in [0.15, 0.2) is 0 Å². The molecule has 0 aliphatic heterocycles. The van der Waals surface area contributed by atoms with E-state index in [1.54, 1.807) is 0 Å². The average molecular weight is 542 g/mol. The molecule has 12 atom stereocenters. The standard InChI is InChI=1S/C29H51NO6S/c1-6-20-24-15-19(31)11-13-29(24,5)23-12-14-28(4)21(8-9-22(28)26(23)27(20)33)17(2)7-10-25(32)30-16-18(3)37(34,35)36/h17-24,26-27,31,33H,6-16H2,1-5H3,(H,30,32)(H,34,35,36)/t17-,18+,19-,20-,21-,22+,23+,24+,26+,27-,28-,29-/m1/s1. The number of hydrogen-bond acceptors (Lipinski definition) is 5. The number of hydrogen-bond donors (Lipinski definition) is 4. The maximum atomic E-state index is 12.4. The maximum Gasteiger partial charge on any atom is 0.269 e. The highest BCUT2D eigenvalue weighted by molar-refractivity contribution is 7.86. The minimum absolute atomic E-state index is 0.0778. The van der Waals surface area contributed by atoms with E-state index >= 15 is 0 Å². The Balaban J connectivity index is 1.44. The first-order chi connectivity index (χ1) is 17.2. The molecule has 4 aliphatic carbocycles. The molecule has 1 amide bonds. The fourth-order valence-electron chi connectivity index (χ4n) is 9.94. The van der Waals surface area contributed by atoms with E-state index in [2.05, 4.69) is 33.0 Å². The van der Waals surface area contributed by atoms with Crippen LogP contribution in [0.25, 0.3) is 0 Å². The van der Waals surface area contributed by atoms with Gasteiger partial charge < -0.3 is 15.5 Å². The number of aliphatic hydroxyl groups is 2. The van der Waals surface area contributed by atoms with E-state index in [4.69, 9.17) is 4.55 Å². The van der Waals surface area contributed by atoms with Gasteiger partial charge in [-0.25, -0.2) is 0 Å². The summed E-state index contributed by atoms with van der Waals surface area (Å²) in [6, 6.07) is 0. The van der Waals surface area contributed by atoms with Crippen molar-refractivity contribution in [2.75, 3.05) is 6.54 Å². The predicted octanol–water partition coefficient (Wildman–Crippen LogP) is 4.42. The summed E-state index contributed by atoms with van der Waals surface area (Å²) in [6.07, 6.45) is 8.92. The van der Waals surface area contributed by atoms with E-state index in [0.29, 0.717) is 41.9 Å². The lowest BCUT2D eigenvalue weighted by molar-refractivity contribution is -0.203. The summed E-state index contributed by atoms with van der Waals surface area (Å²) >= 11 is 0. The first-order valence-corrected chi connectivity index (χ1v) is 16.3. The summed E-state index contributed by atoms with van der Waals surface area (Å²) in [5.74, 6) is 2.71. The molecular formula is C29H51NO6S. The Morgan fingerprint density at radius 3 is 2.30 bits per heavy atom. The van der Waals surface area contributed by atoms with E-state index in [-0.39, 0.29) is 41.4 Å². The van der Waals surface area contributed by atoms with E-state index in [9.17, 15) is 23.4 Å². The zero-order valence-corrected chi connectivity index (χ0v) is 24.3. The largest absolute Gasteiger partial charge is 0.393 e. The number of amides is 1. The predicted molar refractivity (Wildman–Crippen MR) is 144 cm³/mol. The number of fused-ring (bicyclic) bond motifs is 5. The molecule has 0 unspecified atom stereocenters. The highest BCUT2D eigenvalue weighted by Crippen LogP contribution is 2.69. The first-order valence-electron chi connectivity index (χ1n) is 14.8. The van der Waals surface area contributed by atoms with Gasteiger partial charge in [-0.3, -0.25) is 9.35 Å². The lowest BCUT2D eigenvalue weighted by Gasteiger charge is -2.64. The molecule has 0 heterocycles. The van der Waals surface area contributed by atoms with Gasteiger partial charge in [0.25, 0.3) is 10.1 Å². The summed E-state index contributed by atoms with van der Waals surface area (Å²) in [6.45, 7) is 10.7. The maximum absolute atomic E-state index is 12.4. The molecule has 37 heavy (non-hydrogen) atoms. The molecule has 4 rings (SSSR count). The number of carbonyl (C=O) groups excluding carboxylic acids is 1. The topological polar surface area (TPSA) is 124 Å². The Labute approximate surface area is 224 Å². The Hall–Kier alpha value is -0.700. The Bertz CT molecular complexity index is 941. The molecular weight excluding hydrogens is 490 g/mol. The van der Waals surface area contributed by atoms with Crippen molar-refractivity contribution in [2.45, 2.75) is 116 Å². The summed E-state index contributed by atoms with van der Waals surface area (Å²) in [5.41, 5.74) is 0.360. The molecule has 0 spiro atoms. The minimum atomic E-state index is -4.15. The third-order valence-electron chi connectivity index (χ3n) is 12.1. The van der Waals surface area contributed by atoms with Crippen molar-refractivity contribution in [1.82, 2.24) is 5.32 Å². The van der Waals surface area contributed by atoms with Crippen LogP contribution in [0.3, 0.4) is 0 Å². The van der Waals surface area contributed by atoms with E-state index < -0.39 is 15.4 Å². The fraction of sp³-hybridized carbons (Fsp3) is 0.966. The molecule has 4 fully saturated rings. The third-order valence-corrected chi connectivity index (χ3v) is 13.3. The summed E-state index contributed by atoms with van der Waals surface area (Å²) in [7, 11) is -4.15. The number of carbonyl (C=O) groups is 1. The zero-order chi connectivity index (χ0) is 27.3. The highest BCUT2D eigenvalue weighted by Gasteiger charge is 2.64. The Morgan fingerprint density at radius 2 is 1.65 bits per heavy atom. The summed E-state index contributed by atoms with van der Waals surface area (Å²) in [4.78, 5) is 12.4. The van der Waals surface area contributed by atoms with Gasteiger partial charge in [-0.2, -0.15) is 8.42 Å². The summed E-state index contributed by atoms with van der Waals surface area (Å²) < 4.78 is 31.5. The second kappa shape index (κ2) is 10.7. The zero-order valence-electron chi connectivity index (χ0n) is 23.5. The van der Waals surface area contributed by atoms with Gasteiger partial charge in [0.05, 0.1) is 12.2 Å². The van der Waals surface area contributed by atoms with Gasteiger partial charge in [0.15, 0.2) is 0 Å². The molecule has 0 aromatic rings. The summed E-state index contributed by atoms with van der Waals surface area (Å²) in [5, 5.41) is 24.0. The van der Waals surface area contributed by atoms with Crippen LogP contribution < -0.4 is 5.32 Å². The molecule has 0 aromatic heterocycles. The number of nitrogens with one attached hydrogen (secondary N) is 1. The van der Waals surface area contributed by atoms with Crippen molar-refractivity contribution in [3.05, 3.63) is 0 Å². The normalized spacial score (nSPS) is 45.3. The smallest absolute Gasteiger partial charge is 0.269 e. The van der Waals surface area contributed by atoms with E-state index in [0.717, 1.165) is 51.4 Å². The third kappa shape index (κ3) is 5.26. The molecule has 7 nitrogen and oxygen atoms in total. The van der Waals surface area contributed by atoms with Crippen LogP contribution in [0.5, 0.6) is 0 Å². The van der Waals surface area contributed by atoms with Crippen molar-refractivity contribution in [3.63, 3.8) is 0 Å². The molecule has 0 saturated heterocycles. The molecule has 8 heteroatoms. The molecule has 4 saturated carbocycles. The number of aliphatic hydroxyl groups excluding tert-OH is 2. The Kier molecular flexibility index (Phi) is 8.47. The lowest BCUT2D eigenvalue weighted by atomic mass is 9.41. The fourth-order valence-corrected chi connectivity index (χ4v) is 10.2. The van der Waals surface area contributed by atoms with Gasteiger partial charge in [0.2, 0.25) is 5.91 Å². The van der Waals surface area contributed by atoms with Crippen molar-refractivity contribution in [1.29, 1.82) is 0 Å². The molecule has 4 N–H and O–H groups in total. The van der Waals surface area contributed by atoms with Gasteiger partial charge in [-0.1, -0.05) is 34.1 Å². The van der Waals surface area contributed by atoms with Gasteiger partial charge in [-0.05, 0) is 111 Å². The van der Waals surface area contributed by atoms with Crippen LogP contribution in [0.1, 0.15) is 98.8 Å². The van der Waals surface area contributed by atoms with Crippen LogP contribution in [-0.4, -0.2) is 53.1 Å². The van der Waals surface area contributed by atoms with E-state index in [1.165, 1.54) is 13.3 Å². The SMILES string of the molecule is CC[C@H]1[C@@H](O)[C@@H]2[C@H](CC[C@]3(C)[C@@H]([C@H](C)CCC(=O)NC[C@H](C)S(=O)(=O)O)CC[C@@H]23)[C@@]2(C)CC[C@@H](O)C[C@@H]12. The average Bonchev–Trinajstić information content (AvgIpc) is 3.19. The van der Waals surface area contributed by atoms with Crippen LogP contribution in [0.2, 0.25) is 0 Å². The van der Waals surface area contributed by atoms with Crippen molar-refractivity contribution in [3.8, 4) is 0 Å². The minimum Gasteiger partial charge on any atom is -0.393 e. The second-order valence-electron chi connectivity index (χ2n) is 13.8. The molecule has 4 aliphatic rings. The number of rotatable bonds is 8. The van der Waals surface area contributed by atoms with E-state index in [1.807, 2.05) is 0 Å². The van der Waals surface area contributed by atoms with Crippen LogP contribution >= 0.6 is 0 Å². The van der Waals surface area contributed by atoms with Gasteiger partial charge in [0, 0.05) is 13.0 Å². The Morgan fingerprint density at radius 1 is 1.00 bits per heavy atom. The second-order valence-corrected chi connectivity index (χ2v) is 15.6. The molecule has 0 radical (unpaired) electrons. The monoisotopic (exact) mass is 541 g/mol. The first kappa shape index (κ1) is 29.3. The highest BCUT2D eigenvalue weighted by atomic mass is 32.2. The molecule has 0 bridgehead atoms. The lowest BCUT2D eigenvalue weighted by Crippen LogP contribution is -2.62. The van der Waals surface area contributed by atoms with Crippen molar-refractivity contribution in [2.24, 2.45) is 52.3 Å². The van der Waals surface area contributed by atoms with Crippen LogP contribution in [-0.2, 0) is 14.9 Å². The molecule has 0 aromatic carbocycles. The van der Waals surface area contributed by atoms with Crippen molar-refractivity contribution >= 4 is 16.0 Å². The van der Waals surface area contributed by atoms with Crippen LogP contribution in [0.4, 0.5) is 0 Å². The van der Waals surface area contributed by atoms with Gasteiger partial charge >= 0.3 is 0 Å². The quantitative estimate of drug-likeness (QED) is 0.337.